The van der Waals surface area contributed by atoms with Crippen molar-refractivity contribution in [1.82, 2.24) is 10.1 Å². The highest BCUT2D eigenvalue weighted by Crippen LogP contribution is 2.36. The van der Waals surface area contributed by atoms with Gasteiger partial charge in [0, 0.05) is 5.56 Å². The van der Waals surface area contributed by atoms with Gasteiger partial charge in [-0.1, -0.05) is 30.1 Å². The van der Waals surface area contributed by atoms with Crippen molar-refractivity contribution in [3.05, 3.63) is 35.7 Å². The number of nitrogens with two attached hydrogens (primary N) is 1. The van der Waals surface area contributed by atoms with E-state index in [4.69, 9.17) is 10.3 Å². The Balaban J connectivity index is 1.93. The Morgan fingerprint density at radius 2 is 1.90 bits per heavy atom. The van der Waals surface area contributed by atoms with E-state index in [0.717, 1.165) is 37.8 Å². The minimum absolute atomic E-state index is 0.132. The minimum Gasteiger partial charge on any atom is -0.337 e. The molecule has 0 amide bonds. The lowest BCUT2D eigenvalue weighted by Crippen LogP contribution is -2.33. The molecule has 21 heavy (non-hydrogen) atoms. The predicted octanol–water partition coefficient (Wildman–Crippen LogP) is 3.48. The fourth-order valence-corrected chi connectivity index (χ4v) is 2.60. The van der Waals surface area contributed by atoms with Crippen LogP contribution in [0.1, 0.15) is 37.1 Å². The van der Waals surface area contributed by atoms with Crippen molar-refractivity contribution in [2.75, 3.05) is 0 Å². The molecular weight excluding hydrogens is 283 g/mol. The molecule has 0 aliphatic heterocycles. The average Bonchev–Trinajstić information content (AvgIpc) is 3.07. The largest absolute Gasteiger partial charge is 0.416 e. The fourth-order valence-electron chi connectivity index (χ4n) is 2.60. The maximum Gasteiger partial charge on any atom is 0.416 e. The first kappa shape index (κ1) is 14.1. The van der Waals surface area contributed by atoms with Crippen LogP contribution in [-0.2, 0) is 11.7 Å². The maximum absolute atomic E-state index is 12.7. The quantitative estimate of drug-likeness (QED) is 0.921. The molecule has 1 heterocycles. The first-order valence-electron chi connectivity index (χ1n) is 6.69. The molecule has 1 aliphatic rings. The third kappa shape index (κ3) is 2.65. The predicted molar refractivity (Wildman–Crippen MR) is 69.1 cm³/mol. The Morgan fingerprint density at radius 1 is 1.19 bits per heavy atom. The number of benzene rings is 1. The zero-order chi connectivity index (χ0) is 15.1. The fraction of sp³-hybridized carbons (Fsp3) is 0.429. The van der Waals surface area contributed by atoms with Gasteiger partial charge in [-0.3, -0.25) is 0 Å². The van der Waals surface area contributed by atoms with Gasteiger partial charge in [0.25, 0.3) is 0 Å². The zero-order valence-electron chi connectivity index (χ0n) is 11.2. The van der Waals surface area contributed by atoms with Crippen LogP contribution in [0.3, 0.4) is 0 Å². The normalized spacial score (nSPS) is 18.1. The van der Waals surface area contributed by atoms with Crippen molar-refractivity contribution < 1.29 is 17.7 Å². The smallest absolute Gasteiger partial charge is 0.337 e. The van der Waals surface area contributed by atoms with Gasteiger partial charge in [-0.05, 0) is 25.0 Å². The molecule has 0 atom stereocenters. The third-order valence-electron chi connectivity index (χ3n) is 3.80. The third-order valence-corrected chi connectivity index (χ3v) is 3.80. The number of halogens is 3. The molecule has 2 aromatic rings. The van der Waals surface area contributed by atoms with Crippen LogP contribution < -0.4 is 5.73 Å². The second-order valence-corrected chi connectivity index (χ2v) is 5.36. The first-order valence-corrected chi connectivity index (χ1v) is 6.69. The molecule has 0 unspecified atom stereocenters. The molecule has 7 heteroatoms. The van der Waals surface area contributed by atoms with E-state index in [0.29, 0.717) is 5.89 Å². The van der Waals surface area contributed by atoms with E-state index >= 15 is 0 Å². The second-order valence-electron chi connectivity index (χ2n) is 5.36. The highest BCUT2D eigenvalue weighted by Gasteiger charge is 2.37. The van der Waals surface area contributed by atoms with Crippen LogP contribution >= 0.6 is 0 Å². The Labute approximate surface area is 119 Å². The summed E-state index contributed by atoms with van der Waals surface area (Å²) in [5.74, 6) is 0.431. The summed E-state index contributed by atoms with van der Waals surface area (Å²) in [6, 6.07) is 4.85. The Morgan fingerprint density at radius 3 is 2.57 bits per heavy atom. The summed E-state index contributed by atoms with van der Waals surface area (Å²) in [5, 5.41) is 3.77. The van der Waals surface area contributed by atoms with Crippen LogP contribution in [0.5, 0.6) is 0 Å². The van der Waals surface area contributed by atoms with Crippen molar-refractivity contribution in [2.45, 2.75) is 37.4 Å². The molecule has 0 spiro atoms. The molecular formula is C14H14F3N3O. The monoisotopic (exact) mass is 297 g/mol. The van der Waals surface area contributed by atoms with E-state index in [2.05, 4.69) is 10.1 Å². The number of hydrogen-bond acceptors (Lipinski definition) is 4. The molecule has 4 nitrogen and oxygen atoms in total. The van der Waals surface area contributed by atoms with Gasteiger partial charge in [0.15, 0.2) is 0 Å². The Kier molecular flexibility index (Phi) is 3.24. The summed E-state index contributed by atoms with van der Waals surface area (Å²) in [6.07, 6.45) is -0.937. The van der Waals surface area contributed by atoms with E-state index < -0.39 is 17.3 Å². The summed E-state index contributed by atoms with van der Waals surface area (Å²) in [7, 11) is 0. The molecule has 1 aromatic heterocycles. The van der Waals surface area contributed by atoms with E-state index in [-0.39, 0.29) is 11.4 Å². The second kappa shape index (κ2) is 4.84. The van der Waals surface area contributed by atoms with Gasteiger partial charge >= 0.3 is 6.18 Å². The lowest BCUT2D eigenvalue weighted by Gasteiger charge is -2.17. The zero-order valence-corrected chi connectivity index (χ0v) is 11.2. The molecule has 0 bridgehead atoms. The van der Waals surface area contributed by atoms with Gasteiger partial charge in [-0.15, -0.1) is 0 Å². The molecule has 112 valence electrons. The summed E-state index contributed by atoms with van der Waals surface area (Å²) in [4.78, 5) is 4.19. The van der Waals surface area contributed by atoms with Gasteiger partial charge in [0.1, 0.15) is 0 Å². The summed E-state index contributed by atoms with van der Waals surface area (Å²) in [5.41, 5.74) is 5.07. The number of nitrogens with zero attached hydrogens (tertiary/aromatic N) is 2. The maximum atomic E-state index is 12.7. The molecule has 1 aliphatic carbocycles. The number of rotatable bonds is 2. The molecule has 3 rings (SSSR count). The van der Waals surface area contributed by atoms with Crippen molar-refractivity contribution in [3.8, 4) is 11.4 Å². The van der Waals surface area contributed by atoms with Crippen LogP contribution in [0.2, 0.25) is 0 Å². The van der Waals surface area contributed by atoms with E-state index in [1.165, 1.54) is 12.1 Å². The van der Waals surface area contributed by atoms with E-state index in [1.54, 1.807) is 0 Å². The molecule has 0 saturated heterocycles. The van der Waals surface area contributed by atoms with Gasteiger partial charge < -0.3 is 10.3 Å². The molecule has 1 fully saturated rings. The van der Waals surface area contributed by atoms with Crippen molar-refractivity contribution in [2.24, 2.45) is 5.73 Å². The van der Waals surface area contributed by atoms with Gasteiger partial charge in [-0.25, -0.2) is 0 Å². The van der Waals surface area contributed by atoms with Crippen molar-refractivity contribution in [3.63, 3.8) is 0 Å². The highest BCUT2D eigenvalue weighted by atomic mass is 19.4. The van der Waals surface area contributed by atoms with Crippen LogP contribution in [0.15, 0.2) is 28.8 Å². The lowest BCUT2D eigenvalue weighted by molar-refractivity contribution is -0.137. The molecule has 1 saturated carbocycles. The molecule has 0 radical (unpaired) electrons. The number of aromatic nitrogens is 2. The SMILES string of the molecule is NC1(c2nc(-c3cccc(C(F)(F)F)c3)no2)CCCC1. The standard InChI is InChI=1S/C14H14F3N3O/c15-14(16,17)10-5-3-4-9(8-10)11-19-12(21-20-11)13(18)6-1-2-7-13/h3-5,8H,1-2,6-7,18H2. The topological polar surface area (TPSA) is 64.9 Å². The summed E-state index contributed by atoms with van der Waals surface area (Å²) in [6.45, 7) is 0. The highest BCUT2D eigenvalue weighted by molar-refractivity contribution is 5.55. The lowest BCUT2D eigenvalue weighted by atomic mass is 9.99. The number of alkyl halides is 3. The Hall–Kier alpha value is -1.89. The van der Waals surface area contributed by atoms with Crippen LogP contribution in [0, 0.1) is 0 Å². The molecule has 1 aromatic carbocycles. The van der Waals surface area contributed by atoms with Crippen LogP contribution in [0.25, 0.3) is 11.4 Å². The molecule has 2 N–H and O–H groups in total. The van der Waals surface area contributed by atoms with E-state index in [1.807, 2.05) is 0 Å². The minimum atomic E-state index is -4.40. The van der Waals surface area contributed by atoms with Gasteiger partial charge in [0.2, 0.25) is 11.7 Å². The van der Waals surface area contributed by atoms with Crippen molar-refractivity contribution in [1.29, 1.82) is 0 Å². The van der Waals surface area contributed by atoms with E-state index in [9.17, 15) is 13.2 Å². The summed E-state index contributed by atoms with van der Waals surface area (Å²) < 4.78 is 43.3. The number of hydrogen-bond donors (Lipinski definition) is 1. The average molecular weight is 297 g/mol. The summed E-state index contributed by atoms with van der Waals surface area (Å²) >= 11 is 0. The Bertz CT molecular complexity index is 645. The van der Waals surface area contributed by atoms with Gasteiger partial charge in [-0.2, -0.15) is 18.2 Å². The van der Waals surface area contributed by atoms with Crippen molar-refractivity contribution >= 4 is 0 Å². The van der Waals surface area contributed by atoms with Crippen LogP contribution in [0.4, 0.5) is 13.2 Å². The van der Waals surface area contributed by atoms with Crippen LogP contribution in [-0.4, -0.2) is 10.1 Å². The first-order chi connectivity index (χ1) is 9.88. The van der Waals surface area contributed by atoms with Gasteiger partial charge in [0.05, 0.1) is 11.1 Å².